The zero-order chi connectivity index (χ0) is 12.4. The van der Waals surface area contributed by atoms with E-state index in [2.05, 4.69) is 6.08 Å². The molecule has 2 aromatic heterocycles. The van der Waals surface area contributed by atoms with Gasteiger partial charge in [-0.2, -0.15) is 0 Å². The van der Waals surface area contributed by atoms with Crippen LogP contribution in [0, 0.1) is 0 Å². The van der Waals surface area contributed by atoms with Gasteiger partial charge in [0.15, 0.2) is 5.76 Å². The number of furan rings is 1. The number of rotatable bonds is 2. The first-order valence-electron chi connectivity index (χ1n) is 5.58. The van der Waals surface area contributed by atoms with Crippen LogP contribution in [0.3, 0.4) is 0 Å². The summed E-state index contributed by atoms with van der Waals surface area (Å²) in [5.74, 6) is 1.27. The number of thioether (sulfide) groups is 1. The number of thiophene rings is 1. The zero-order valence-corrected chi connectivity index (χ0v) is 11.2. The molecule has 0 aromatic carbocycles. The highest BCUT2D eigenvalue weighted by molar-refractivity contribution is 8.03. The minimum atomic E-state index is -0.0622. The van der Waals surface area contributed by atoms with Gasteiger partial charge in [0, 0.05) is 17.2 Å². The van der Waals surface area contributed by atoms with Gasteiger partial charge in [0.1, 0.15) is 0 Å². The van der Waals surface area contributed by atoms with Crippen molar-refractivity contribution in [2.45, 2.75) is 0 Å². The molecule has 0 aliphatic carbocycles. The van der Waals surface area contributed by atoms with Crippen LogP contribution >= 0.6 is 23.1 Å². The lowest BCUT2D eigenvalue weighted by Crippen LogP contribution is -2.26. The Morgan fingerprint density at radius 1 is 1.39 bits per heavy atom. The molecule has 0 bridgehead atoms. The van der Waals surface area contributed by atoms with Crippen LogP contribution in [-0.2, 0) is 0 Å². The van der Waals surface area contributed by atoms with Crippen LogP contribution in [0.2, 0.25) is 0 Å². The molecule has 3 nitrogen and oxygen atoms in total. The summed E-state index contributed by atoms with van der Waals surface area (Å²) in [6, 6.07) is 7.49. The van der Waals surface area contributed by atoms with Gasteiger partial charge in [-0.25, -0.2) is 0 Å². The average molecular weight is 277 g/mol. The molecule has 1 aliphatic rings. The maximum Gasteiger partial charge on any atom is 0.294 e. The summed E-state index contributed by atoms with van der Waals surface area (Å²) in [5, 5.41) is 3.03. The summed E-state index contributed by atoms with van der Waals surface area (Å²) in [4.78, 5) is 15.2. The number of carbonyl (C=O) groups excluding carboxylic acids is 1. The summed E-state index contributed by atoms with van der Waals surface area (Å²) in [5.41, 5.74) is 0. The summed E-state index contributed by atoms with van der Waals surface area (Å²) < 4.78 is 5.17. The molecule has 1 amide bonds. The Labute approximate surface area is 113 Å². The molecule has 0 radical (unpaired) electrons. The van der Waals surface area contributed by atoms with E-state index in [1.807, 2.05) is 17.5 Å². The maximum absolute atomic E-state index is 12.2. The second kappa shape index (κ2) is 5.04. The SMILES string of the molecule is O=C(c1ccco1)N1CCS/C1=C/c1cccs1. The van der Waals surface area contributed by atoms with Crippen LogP contribution in [0.5, 0.6) is 0 Å². The van der Waals surface area contributed by atoms with Crippen molar-refractivity contribution in [2.24, 2.45) is 0 Å². The summed E-state index contributed by atoms with van der Waals surface area (Å²) in [6.07, 6.45) is 3.59. The highest BCUT2D eigenvalue weighted by atomic mass is 32.2. The van der Waals surface area contributed by atoms with E-state index in [0.29, 0.717) is 5.76 Å². The topological polar surface area (TPSA) is 33.5 Å². The van der Waals surface area contributed by atoms with Gasteiger partial charge in [0.05, 0.1) is 11.3 Å². The Kier molecular flexibility index (Phi) is 3.25. The van der Waals surface area contributed by atoms with Crippen molar-refractivity contribution in [3.05, 3.63) is 51.6 Å². The molecule has 18 heavy (non-hydrogen) atoms. The Morgan fingerprint density at radius 3 is 3.06 bits per heavy atom. The van der Waals surface area contributed by atoms with Crippen molar-refractivity contribution < 1.29 is 9.21 Å². The van der Waals surface area contributed by atoms with Crippen molar-refractivity contribution >= 4 is 35.1 Å². The van der Waals surface area contributed by atoms with Gasteiger partial charge in [-0.1, -0.05) is 6.07 Å². The smallest absolute Gasteiger partial charge is 0.294 e. The summed E-state index contributed by atoms with van der Waals surface area (Å²) in [6.45, 7) is 0.738. The van der Waals surface area contributed by atoms with Gasteiger partial charge < -0.3 is 4.42 Å². The molecule has 0 unspecified atom stereocenters. The number of nitrogens with zero attached hydrogens (tertiary/aromatic N) is 1. The Hall–Kier alpha value is -1.46. The predicted octanol–water partition coefficient (Wildman–Crippen LogP) is 3.53. The van der Waals surface area contributed by atoms with E-state index in [1.54, 1.807) is 40.1 Å². The molecule has 0 spiro atoms. The van der Waals surface area contributed by atoms with E-state index in [-0.39, 0.29) is 5.91 Å². The fourth-order valence-corrected chi connectivity index (χ4v) is 3.53. The van der Waals surface area contributed by atoms with Crippen molar-refractivity contribution in [1.29, 1.82) is 0 Å². The molecule has 2 aromatic rings. The standard InChI is InChI=1S/C13H11NO2S2/c15-13(11-4-1-6-16-11)14-5-8-18-12(14)9-10-3-2-7-17-10/h1-4,6-7,9H,5,8H2/b12-9+. The van der Waals surface area contributed by atoms with Crippen molar-refractivity contribution in [1.82, 2.24) is 4.90 Å². The molecule has 5 heteroatoms. The van der Waals surface area contributed by atoms with E-state index in [0.717, 1.165) is 22.2 Å². The lowest BCUT2D eigenvalue weighted by Gasteiger charge is -2.14. The molecular formula is C13H11NO2S2. The quantitative estimate of drug-likeness (QED) is 0.842. The second-order valence-electron chi connectivity index (χ2n) is 3.78. The number of carbonyl (C=O) groups is 1. The van der Waals surface area contributed by atoms with E-state index in [1.165, 1.54) is 6.26 Å². The molecule has 1 fully saturated rings. The molecule has 1 saturated heterocycles. The van der Waals surface area contributed by atoms with Gasteiger partial charge in [-0.3, -0.25) is 9.69 Å². The van der Waals surface area contributed by atoms with Crippen LogP contribution in [-0.4, -0.2) is 23.1 Å². The van der Waals surface area contributed by atoms with Crippen molar-refractivity contribution in [3.63, 3.8) is 0 Å². The van der Waals surface area contributed by atoms with Gasteiger partial charge in [-0.15, -0.1) is 23.1 Å². The van der Waals surface area contributed by atoms with Gasteiger partial charge in [0.25, 0.3) is 5.91 Å². The van der Waals surface area contributed by atoms with E-state index < -0.39 is 0 Å². The number of hydrogen-bond acceptors (Lipinski definition) is 4. The first-order chi connectivity index (χ1) is 8.84. The third-order valence-corrected chi connectivity index (χ3v) is 4.46. The van der Waals surface area contributed by atoms with E-state index >= 15 is 0 Å². The maximum atomic E-state index is 12.2. The molecule has 0 saturated carbocycles. The van der Waals surface area contributed by atoms with Gasteiger partial charge in [0.2, 0.25) is 0 Å². The van der Waals surface area contributed by atoms with E-state index in [4.69, 9.17) is 4.42 Å². The molecule has 0 N–H and O–H groups in total. The summed E-state index contributed by atoms with van der Waals surface area (Å²) >= 11 is 3.38. The largest absolute Gasteiger partial charge is 0.459 e. The van der Waals surface area contributed by atoms with Crippen molar-refractivity contribution in [3.8, 4) is 0 Å². The molecule has 3 rings (SSSR count). The third-order valence-electron chi connectivity index (χ3n) is 2.62. The minimum absolute atomic E-state index is 0.0622. The number of amides is 1. The highest BCUT2D eigenvalue weighted by Crippen LogP contribution is 2.32. The first kappa shape index (κ1) is 11.6. The van der Waals surface area contributed by atoms with Crippen LogP contribution in [0.15, 0.2) is 45.4 Å². The monoisotopic (exact) mass is 277 g/mol. The molecule has 1 aliphatic heterocycles. The van der Waals surface area contributed by atoms with Crippen LogP contribution < -0.4 is 0 Å². The van der Waals surface area contributed by atoms with Crippen molar-refractivity contribution in [2.75, 3.05) is 12.3 Å². The second-order valence-corrected chi connectivity index (χ2v) is 5.88. The molecule has 92 valence electrons. The number of hydrogen-bond donors (Lipinski definition) is 0. The normalized spacial score (nSPS) is 17.6. The Bertz CT molecular complexity index is 558. The molecule has 0 atom stereocenters. The fourth-order valence-electron chi connectivity index (χ4n) is 1.78. The van der Waals surface area contributed by atoms with Crippen LogP contribution in [0.1, 0.15) is 15.4 Å². The zero-order valence-electron chi connectivity index (χ0n) is 9.54. The Morgan fingerprint density at radius 2 is 2.33 bits per heavy atom. The van der Waals surface area contributed by atoms with Gasteiger partial charge >= 0.3 is 0 Å². The van der Waals surface area contributed by atoms with Crippen LogP contribution in [0.25, 0.3) is 6.08 Å². The third kappa shape index (κ3) is 2.23. The fraction of sp³-hybridized carbons (Fsp3) is 0.154. The lowest BCUT2D eigenvalue weighted by atomic mass is 10.3. The van der Waals surface area contributed by atoms with Crippen LogP contribution in [0.4, 0.5) is 0 Å². The van der Waals surface area contributed by atoms with E-state index in [9.17, 15) is 4.79 Å². The lowest BCUT2D eigenvalue weighted by molar-refractivity contribution is 0.0800. The summed E-state index contributed by atoms with van der Waals surface area (Å²) in [7, 11) is 0. The molecular weight excluding hydrogens is 266 g/mol. The highest BCUT2D eigenvalue weighted by Gasteiger charge is 2.26. The van der Waals surface area contributed by atoms with Gasteiger partial charge in [-0.05, 0) is 29.7 Å². The Balaban J connectivity index is 1.86. The first-order valence-corrected chi connectivity index (χ1v) is 7.44. The molecule has 3 heterocycles. The predicted molar refractivity (Wildman–Crippen MR) is 74.5 cm³/mol. The minimum Gasteiger partial charge on any atom is -0.459 e. The average Bonchev–Trinajstić information content (AvgIpc) is 3.12.